The van der Waals surface area contributed by atoms with Crippen molar-refractivity contribution in [1.82, 2.24) is 4.98 Å². The van der Waals surface area contributed by atoms with Crippen LogP contribution in [0.2, 0.25) is 0 Å². The number of hydrogen-bond donors (Lipinski definition) is 2. The number of nitrogens with zero attached hydrogens (tertiary/aromatic N) is 1. The molecule has 1 aliphatic rings. The zero-order chi connectivity index (χ0) is 10.8. The van der Waals surface area contributed by atoms with E-state index < -0.39 is 12.2 Å². The highest BCUT2D eigenvalue weighted by molar-refractivity contribution is 9.10. The maximum Gasteiger partial charge on any atom is 0.107 e. The number of ether oxygens (including phenoxy) is 1. The summed E-state index contributed by atoms with van der Waals surface area (Å²) in [6.07, 6.45) is -0.847. The van der Waals surface area contributed by atoms with Crippen LogP contribution in [-0.2, 0) is 4.74 Å². The third-order valence-corrected chi connectivity index (χ3v) is 2.91. The summed E-state index contributed by atoms with van der Waals surface area (Å²) >= 11 is 3.28. The molecule has 5 heteroatoms. The Morgan fingerprint density at radius 3 is 2.93 bits per heavy atom. The van der Waals surface area contributed by atoms with E-state index in [0.717, 1.165) is 10.3 Å². The minimum Gasteiger partial charge on any atom is -0.394 e. The topological polar surface area (TPSA) is 62.6 Å². The fourth-order valence-electron chi connectivity index (χ4n) is 1.69. The van der Waals surface area contributed by atoms with Crippen molar-refractivity contribution in [3.63, 3.8) is 0 Å². The van der Waals surface area contributed by atoms with Crippen molar-refractivity contribution in [2.24, 2.45) is 0 Å². The lowest BCUT2D eigenvalue weighted by atomic mass is 10.1. The molecule has 1 aliphatic heterocycles. The third-order valence-electron chi connectivity index (χ3n) is 2.47. The smallest absolute Gasteiger partial charge is 0.107 e. The Labute approximate surface area is 96.0 Å². The molecule has 0 saturated carbocycles. The number of aromatic nitrogens is 1. The maximum atomic E-state index is 9.57. The molecule has 0 unspecified atom stereocenters. The molecule has 0 aliphatic carbocycles. The van der Waals surface area contributed by atoms with Gasteiger partial charge in [0.2, 0.25) is 0 Å². The second-order valence-corrected chi connectivity index (χ2v) is 4.35. The monoisotopic (exact) mass is 273 g/mol. The van der Waals surface area contributed by atoms with E-state index in [2.05, 4.69) is 20.9 Å². The Kier molecular flexibility index (Phi) is 3.35. The van der Waals surface area contributed by atoms with Gasteiger partial charge in [-0.25, -0.2) is 4.98 Å². The van der Waals surface area contributed by atoms with Gasteiger partial charge in [0.25, 0.3) is 0 Å². The lowest BCUT2D eigenvalue weighted by molar-refractivity contribution is -0.0236. The number of rotatable bonds is 2. The van der Waals surface area contributed by atoms with Gasteiger partial charge >= 0.3 is 0 Å². The molecule has 1 saturated heterocycles. The standard InChI is InChI=1S/C10H12BrNO3/c11-10-3-1-2-6(12-10)8-4-7(14)9(5-13)15-8/h1-3,7-9,13-14H,4-5H2/t7-,8+,9+/m0/s1. The van der Waals surface area contributed by atoms with Crippen molar-refractivity contribution < 1.29 is 14.9 Å². The van der Waals surface area contributed by atoms with Crippen LogP contribution in [-0.4, -0.2) is 34.0 Å². The molecule has 1 fully saturated rings. The van der Waals surface area contributed by atoms with Crippen LogP contribution >= 0.6 is 15.9 Å². The number of pyridine rings is 1. The molecule has 82 valence electrons. The van der Waals surface area contributed by atoms with Crippen LogP contribution < -0.4 is 0 Å². The largest absolute Gasteiger partial charge is 0.394 e. The van der Waals surface area contributed by atoms with Gasteiger partial charge in [-0.05, 0) is 28.1 Å². The first-order valence-electron chi connectivity index (χ1n) is 4.77. The Hall–Kier alpha value is -0.490. The van der Waals surface area contributed by atoms with Crippen LogP contribution in [0.25, 0.3) is 0 Å². The van der Waals surface area contributed by atoms with Crippen molar-refractivity contribution in [1.29, 1.82) is 0 Å². The van der Waals surface area contributed by atoms with Gasteiger partial charge in [-0.3, -0.25) is 0 Å². The van der Waals surface area contributed by atoms with Crippen LogP contribution in [0.4, 0.5) is 0 Å². The highest BCUT2D eigenvalue weighted by Gasteiger charge is 2.34. The Morgan fingerprint density at radius 2 is 2.33 bits per heavy atom. The summed E-state index contributed by atoms with van der Waals surface area (Å²) in [4.78, 5) is 4.26. The first-order valence-corrected chi connectivity index (χ1v) is 5.57. The van der Waals surface area contributed by atoms with Gasteiger partial charge in [-0.15, -0.1) is 0 Å². The van der Waals surface area contributed by atoms with E-state index in [4.69, 9.17) is 9.84 Å². The average Bonchev–Trinajstić information content (AvgIpc) is 2.60. The summed E-state index contributed by atoms with van der Waals surface area (Å²) in [5.74, 6) is 0. The second-order valence-electron chi connectivity index (χ2n) is 3.53. The predicted octanol–water partition coefficient (Wildman–Crippen LogP) is 1.03. The first kappa shape index (κ1) is 11.0. The molecule has 0 radical (unpaired) electrons. The molecular formula is C10H12BrNO3. The van der Waals surface area contributed by atoms with E-state index in [1.54, 1.807) is 0 Å². The molecule has 2 heterocycles. The average molecular weight is 274 g/mol. The number of aliphatic hydroxyl groups is 2. The highest BCUT2D eigenvalue weighted by Crippen LogP contribution is 2.32. The summed E-state index contributed by atoms with van der Waals surface area (Å²) < 4.78 is 6.22. The number of aliphatic hydroxyl groups excluding tert-OH is 2. The van der Waals surface area contributed by atoms with Crippen molar-refractivity contribution >= 4 is 15.9 Å². The van der Waals surface area contributed by atoms with E-state index in [0.29, 0.717) is 6.42 Å². The highest BCUT2D eigenvalue weighted by atomic mass is 79.9. The zero-order valence-corrected chi connectivity index (χ0v) is 9.59. The maximum absolute atomic E-state index is 9.57. The van der Waals surface area contributed by atoms with Crippen molar-refractivity contribution in [2.75, 3.05) is 6.61 Å². The van der Waals surface area contributed by atoms with Gasteiger partial charge in [0.15, 0.2) is 0 Å². The molecule has 0 spiro atoms. The molecule has 3 atom stereocenters. The first-order chi connectivity index (χ1) is 7.20. The summed E-state index contributed by atoms with van der Waals surface area (Å²) in [6.45, 7) is -0.161. The Bertz CT molecular complexity index is 347. The van der Waals surface area contributed by atoms with Crippen LogP contribution in [0.3, 0.4) is 0 Å². The van der Waals surface area contributed by atoms with E-state index in [1.807, 2.05) is 18.2 Å². The van der Waals surface area contributed by atoms with Crippen LogP contribution in [0, 0.1) is 0 Å². The van der Waals surface area contributed by atoms with Gasteiger partial charge < -0.3 is 14.9 Å². The van der Waals surface area contributed by atoms with Crippen LogP contribution in [0.15, 0.2) is 22.8 Å². The Morgan fingerprint density at radius 1 is 1.53 bits per heavy atom. The fourth-order valence-corrected chi connectivity index (χ4v) is 2.04. The van der Waals surface area contributed by atoms with Crippen molar-refractivity contribution in [3.8, 4) is 0 Å². The summed E-state index contributed by atoms with van der Waals surface area (Å²) in [5, 5.41) is 18.5. The lowest BCUT2D eigenvalue weighted by Crippen LogP contribution is -2.24. The normalized spacial score (nSPS) is 30.7. The van der Waals surface area contributed by atoms with Crippen LogP contribution in [0.1, 0.15) is 18.2 Å². The van der Waals surface area contributed by atoms with Gasteiger partial charge in [0.05, 0.1) is 18.4 Å². The van der Waals surface area contributed by atoms with Gasteiger partial charge in [-0.2, -0.15) is 0 Å². The molecule has 4 nitrogen and oxygen atoms in total. The van der Waals surface area contributed by atoms with Crippen LogP contribution in [0.5, 0.6) is 0 Å². The van der Waals surface area contributed by atoms with E-state index in [9.17, 15) is 5.11 Å². The van der Waals surface area contributed by atoms with Crippen molar-refractivity contribution in [3.05, 3.63) is 28.5 Å². The Balaban J connectivity index is 2.13. The van der Waals surface area contributed by atoms with E-state index in [-0.39, 0.29) is 12.7 Å². The molecular weight excluding hydrogens is 262 g/mol. The van der Waals surface area contributed by atoms with Crippen molar-refractivity contribution in [2.45, 2.75) is 24.7 Å². The summed E-state index contributed by atoms with van der Waals surface area (Å²) in [6, 6.07) is 5.55. The minimum absolute atomic E-state index is 0.161. The third kappa shape index (κ3) is 2.36. The quantitative estimate of drug-likeness (QED) is 0.791. The molecule has 1 aromatic heterocycles. The number of halogens is 1. The van der Waals surface area contributed by atoms with E-state index in [1.165, 1.54) is 0 Å². The van der Waals surface area contributed by atoms with E-state index >= 15 is 0 Å². The summed E-state index contributed by atoms with van der Waals surface area (Å²) in [7, 11) is 0. The molecule has 0 amide bonds. The fraction of sp³-hybridized carbons (Fsp3) is 0.500. The van der Waals surface area contributed by atoms with Gasteiger partial charge in [0.1, 0.15) is 16.8 Å². The lowest BCUT2D eigenvalue weighted by Gasteiger charge is -2.11. The SMILES string of the molecule is OC[C@H]1O[C@@H](c2cccc(Br)n2)C[C@@H]1O. The molecule has 0 aromatic carbocycles. The molecule has 0 bridgehead atoms. The van der Waals surface area contributed by atoms with Gasteiger partial charge in [-0.1, -0.05) is 6.07 Å². The molecule has 1 aromatic rings. The molecule has 15 heavy (non-hydrogen) atoms. The molecule has 2 N–H and O–H groups in total. The second kappa shape index (κ2) is 4.57. The minimum atomic E-state index is -0.610. The predicted molar refractivity (Wildman–Crippen MR) is 57.3 cm³/mol. The zero-order valence-electron chi connectivity index (χ0n) is 8.01. The van der Waals surface area contributed by atoms with Gasteiger partial charge in [0, 0.05) is 6.42 Å². The molecule has 2 rings (SSSR count). The summed E-state index contributed by atoms with van der Waals surface area (Å²) in [5.41, 5.74) is 0.777. The number of hydrogen-bond acceptors (Lipinski definition) is 4.